The summed E-state index contributed by atoms with van der Waals surface area (Å²) in [5, 5.41) is 11.9. The molecule has 2 rings (SSSR count). The second kappa shape index (κ2) is 7.13. The van der Waals surface area contributed by atoms with E-state index in [4.69, 9.17) is 0 Å². The van der Waals surface area contributed by atoms with Crippen molar-refractivity contribution >= 4 is 23.2 Å². The molecule has 0 unspecified atom stereocenters. The molecule has 0 aliphatic heterocycles. The maximum absolute atomic E-state index is 12.0. The van der Waals surface area contributed by atoms with Crippen LogP contribution in [0.25, 0.3) is 5.70 Å². The van der Waals surface area contributed by atoms with Gasteiger partial charge in [0.2, 0.25) is 5.91 Å². The zero-order chi connectivity index (χ0) is 16.8. The third-order valence-electron chi connectivity index (χ3n) is 2.99. The van der Waals surface area contributed by atoms with Crippen LogP contribution < -0.4 is 16.2 Å². The molecular weight excluding hydrogens is 294 g/mol. The van der Waals surface area contributed by atoms with Crippen molar-refractivity contribution < 1.29 is 14.7 Å². The van der Waals surface area contributed by atoms with Crippen molar-refractivity contribution in [1.82, 2.24) is 10.9 Å². The number of anilines is 1. The van der Waals surface area contributed by atoms with Gasteiger partial charge in [-0.3, -0.25) is 20.4 Å². The van der Waals surface area contributed by atoms with Crippen molar-refractivity contribution in [2.75, 3.05) is 5.32 Å². The molecule has 23 heavy (non-hydrogen) atoms. The molecule has 0 saturated carbocycles. The summed E-state index contributed by atoms with van der Waals surface area (Å²) >= 11 is 0. The predicted octanol–water partition coefficient (Wildman–Crippen LogP) is 2.26. The first-order valence-corrected chi connectivity index (χ1v) is 6.88. The number of aromatic hydroxyl groups is 1. The molecule has 0 aliphatic carbocycles. The lowest BCUT2D eigenvalue weighted by Gasteiger charge is -2.12. The van der Waals surface area contributed by atoms with Gasteiger partial charge in [0, 0.05) is 23.7 Å². The average Bonchev–Trinajstić information content (AvgIpc) is 2.52. The quantitative estimate of drug-likeness (QED) is 0.638. The Balaban J connectivity index is 1.98. The SMILES string of the molecule is C=C(NNC(=O)c1ccc(O)cc1)c1cccc(NC(C)=O)c1. The Kier molecular flexibility index (Phi) is 4.99. The first-order chi connectivity index (χ1) is 11.0. The van der Waals surface area contributed by atoms with Crippen molar-refractivity contribution in [3.05, 3.63) is 66.2 Å². The van der Waals surface area contributed by atoms with Gasteiger partial charge in [-0.05, 0) is 36.4 Å². The number of benzene rings is 2. The number of phenols is 1. The Morgan fingerprint density at radius 3 is 2.35 bits per heavy atom. The number of amides is 2. The summed E-state index contributed by atoms with van der Waals surface area (Å²) in [6, 6.07) is 12.9. The summed E-state index contributed by atoms with van der Waals surface area (Å²) < 4.78 is 0. The normalized spacial score (nSPS) is 9.78. The number of rotatable bonds is 5. The smallest absolute Gasteiger partial charge is 0.269 e. The highest BCUT2D eigenvalue weighted by atomic mass is 16.3. The van der Waals surface area contributed by atoms with Gasteiger partial charge in [-0.2, -0.15) is 0 Å². The topological polar surface area (TPSA) is 90.5 Å². The molecule has 0 heterocycles. The van der Waals surface area contributed by atoms with Crippen molar-refractivity contribution in [3.63, 3.8) is 0 Å². The molecule has 2 aromatic carbocycles. The van der Waals surface area contributed by atoms with E-state index in [0.29, 0.717) is 16.9 Å². The van der Waals surface area contributed by atoms with Gasteiger partial charge in [0.15, 0.2) is 0 Å². The molecule has 2 amide bonds. The molecule has 6 heteroatoms. The predicted molar refractivity (Wildman–Crippen MR) is 88.5 cm³/mol. The summed E-state index contributed by atoms with van der Waals surface area (Å²) in [7, 11) is 0. The van der Waals surface area contributed by atoms with Crippen molar-refractivity contribution in [2.24, 2.45) is 0 Å². The fourth-order valence-corrected chi connectivity index (χ4v) is 1.88. The zero-order valence-corrected chi connectivity index (χ0v) is 12.6. The number of hydrogen-bond acceptors (Lipinski definition) is 4. The molecule has 0 spiro atoms. The highest BCUT2D eigenvalue weighted by Crippen LogP contribution is 2.15. The number of nitrogens with one attached hydrogen (secondary N) is 3. The summed E-state index contributed by atoms with van der Waals surface area (Å²) in [5.41, 5.74) is 7.48. The van der Waals surface area contributed by atoms with Crippen LogP contribution in [0.4, 0.5) is 5.69 Å². The van der Waals surface area contributed by atoms with E-state index in [-0.39, 0.29) is 17.6 Å². The Labute approximate surface area is 133 Å². The number of carbonyl (C=O) groups excluding carboxylic acids is 2. The second-order valence-electron chi connectivity index (χ2n) is 4.87. The fourth-order valence-electron chi connectivity index (χ4n) is 1.88. The summed E-state index contributed by atoms with van der Waals surface area (Å²) in [6.07, 6.45) is 0. The van der Waals surface area contributed by atoms with Gasteiger partial charge >= 0.3 is 0 Å². The summed E-state index contributed by atoms with van der Waals surface area (Å²) in [4.78, 5) is 23.0. The molecule has 0 radical (unpaired) electrons. The maximum Gasteiger partial charge on any atom is 0.269 e. The molecular formula is C17H17N3O3. The van der Waals surface area contributed by atoms with E-state index in [1.54, 1.807) is 24.3 Å². The molecule has 4 N–H and O–H groups in total. The Morgan fingerprint density at radius 2 is 1.70 bits per heavy atom. The van der Waals surface area contributed by atoms with Gasteiger partial charge in [0.05, 0.1) is 5.70 Å². The van der Waals surface area contributed by atoms with E-state index < -0.39 is 0 Å². The molecule has 6 nitrogen and oxygen atoms in total. The number of hydrazine groups is 1. The first kappa shape index (κ1) is 16.1. The highest BCUT2D eigenvalue weighted by Gasteiger charge is 2.06. The average molecular weight is 311 g/mol. The van der Waals surface area contributed by atoms with E-state index >= 15 is 0 Å². The minimum absolute atomic E-state index is 0.0914. The van der Waals surface area contributed by atoms with Gasteiger partial charge in [-0.25, -0.2) is 0 Å². The van der Waals surface area contributed by atoms with Crippen LogP contribution in [0.2, 0.25) is 0 Å². The highest BCUT2D eigenvalue weighted by molar-refractivity contribution is 5.94. The lowest BCUT2D eigenvalue weighted by Crippen LogP contribution is -2.35. The van der Waals surface area contributed by atoms with E-state index in [9.17, 15) is 14.7 Å². The van der Waals surface area contributed by atoms with E-state index in [0.717, 1.165) is 5.56 Å². The zero-order valence-electron chi connectivity index (χ0n) is 12.6. The molecule has 0 aliphatic rings. The third-order valence-corrected chi connectivity index (χ3v) is 2.99. The number of hydrogen-bond donors (Lipinski definition) is 4. The van der Waals surface area contributed by atoms with Crippen LogP contribution in [0.3, 0.4) is 0 Å². The van der Waals surface area contributed by atoms with E-state index in [1.165, 1.54) is 31.2 Å². The number of carbonyl (C=O) groups is 2. The van der Waals surface area contributed by atoms with Crippen molar-refractivity contribution in [1.29, 1.82) is 0 Å². The minimum atomic E-state index is -0.357. The van der Waals surface area contributed by atoms with Crippen LogP contribution in [0.1, 0.15) is 22.8 Å². The first-order valence-electron chi connectivity index (χ1n) is 6.88. The lowest BCUT2D eigenvalue weighted by atomic mass is 10.1. The molecule has 0 aromatic heterocycles. The van der Waals surface area contributed by atoms with Gasteiger partial charge in [0.1, 0.15) is 5.75 Å². The lowest BCUT2D eigenvalue weighted by molar-refractivity contribution is -0.114. The van der Waals surface area contributed by atoms with Crippen LogP contribution in [0.5, 0.6) is 5.75 Å². The molecule has 0 fully saturated rings. The van der Waals surface area contributed by atoms with Crippen molar-refractivity contribution in [2.45, 2.75) is 6.92 Å². The maximum atomic E-state index is 12.0. The molecule has 118 valence electrons. The van der Waals surface area contributed by atoms with Crippen LogP contribution in [0, 0.1) is 0 Å². The van der Waals surface area contributed by atoms with E-state index in [1.807, 2.05) is 0 Å². The molecule has 2 aromatic rings. The largest absolute Gasteiger partial charge is 0.508 e. The van der Waals surface area contributed by atoms with Crippen LogP contribution in [-0.2, 0) is 4.79 Å². The van der Waals surface area contributed by atoms with E-state index in [2.05, 4.69) is 22.7 Å². The fraction of sp³-hybridized carbons (Fsp3) is 0.0588. The van der Waals surface area contributed by atoms with Gasteiger partial charge in [0.25, 0.3) is 5.91 Å². The standard InChI is InChI=1S/C17H17N3O3/c1-11(14-4-3-5-15(10-14)18-12(2)21)19-20-17(23)13-6-8-16(22)9-7-13/h3-10,19,22H,1H2,2H3,(H,18,21)(H,20,23). The van der Waals surface area contributed by atoms with Crippen LogP contribution >= 0.6 is 0 Å². The minimum Gasteiger partial charge on any atom is -0.508 e. The monoisotopic (exact) mass is 311 g/mol. The Bertz CT molecular complexity index is 739. The molecule has 0 saturated heterocycles. The van der Waals surface area contributed by atoms with Crippen molar-refractivity contribution in [3.8, 4) is 5.75 Å². The van der Waals surface area contributed by atoms with Gasteiger partial charge < -0.3 is 10.4 Å². The molecule has 0 bridgehead atoms. The molecule has 0 atom stereocenters. The Morgan fingerprint density at radius 1 is 1.00 bits per heavy atom. The second-order valence-corrected chi connectivity index (χ2v) is 4.87. The summed E-state index contributed by atoms with van der Waals surface area (Å²) in [6.45, 7) is 5.27. The third kappa shape index (κ3) is 4.60. The number of phenolic OH excluding ortho intramolecular Hbond substituents is 1. The van der Waals surface area contributed by atoms with Crippen LogP contribution in [0.15, 0.2) is 55.1 Å². The Hall–Kier alpha value is -3.28. The van der Waals surface area contributed by atoms with Gasteiger partial charge in [-0.1, -0.05) is 18.7 Å². The van der Waals surface area contributed by atoms with Gasteiger partial charge in [-0.15, -0.1) is 0 Å². The summed E-state index contributed by atoms with van der Waals surface area (Å²) in [5.74, 6) is -0.431. The van der Waals surface area contributed by atoms with Crippen LogP contribution in [-0.4, -0.2) is 16.9 Å².